The second-order valence-electron chi connectivity index (χ2n) is 7.26. The predicted octanol–water partition coefficient (Wildman–Crippen LogP) is 3.58. The Hall–Kier alpha value is -0.970. The van der Waals surface area contributed by atoms with Crippen LogP contribution in [0.2, 0.25) is 0 Å². The Bertz CT molecular complexity index is 492. The highest BCUT2D eigenvalue weighted by Gasteiger charge is 2.58. The van der Waals surface area contributed by atoms with Gasteiger partial charge in [0.15, 0.2) is 0 Å². The van der Waals surface area contributed by atoms with Gasteiger partial charge in [-0.1, -0.05) is 20.8 Å². The Labute approximate surface area is 118 Å². The zero-order valence-electron chi connectivity index (χ0n) is 12.4. The maximum absolute atomic E-state index is 12.8. The van der Waals surface area contributed by atoms with Crippen molar-refractivity contribution in [3.05, 3.63) is 18.2 Å². The summed E-state index contributed by atoms with van der Waals surface area (Å²) < 4.78 is 26.6. The first-order chi connectivity index (χ1) is 9.34. The summed E-state index contributed by atoms with van der Waals surface area (Å²) in [5.41, 5.74) is 0.533. The molecular weight excluding hydrogens is 260 g/mol. The fourth-order valence-electron chi connectivity index (χ4n) is 4.66. The highest BCUT2D eigenvalue weighted by Crippen LogP contribution is 2.62. The standard InChI is InChI=1S/C15H23F2N3/c1-14(2)10-4-5-15(3,8-10)12(14)19-9-11-18-6-7-20(11)13(16)17/h6-7,10,12-13,19H,4-5,8-9H2,1-3H3. The third-order valence-electron chi connectivity index (χ3n) is 5.69. The molecule has 1 heterocycles. The van der Waals surface area contributed by atoms with Crippen molar-refractivity contribution in [1.82, 2.24) is 14.9 Å². The number of imidazole rings is 1. The van der Waals surface area contributed by atoms with Gasteiger partial charge in [-0.15, -0.1) is 0 Å². The Balaban J connectivity index is 1.74. The molecule has 20 heavy (non-hydrogen) atoms. The number of rotatable bonds is 4. The summed E-state index contributed by atoms with van der Waals surface area (Å²) in [4.78, 5) is 4.05. The van der Waals surface area contributed by atoms with Crippen molar-refractivity contribution in [1.29, 1.82) is 0 Å². The zero-order valence-corrected chi connectivity index (χ0v) is 12.4. The maximum Gasteiger partial charge on any atom is 0.319 e. The summed E-state index contributed by atoms with van der Waals surface area (Å²) in [5, 5.41) is 3.52. The van der Waals surface area contributed by atoms with E-state index in [2.05, 4.69) is 31.1 Å². The van der Waals surface area contributed by atoms with Crippen molar-refractivity contribution in [2.24, 2.45) is 16.7 Å². The molecule has 0 spiro atoms. The lowest BCUT2D eigenvalue weighted by Crippen LogP contribution is -2.50. The highest BCUT2D eigenvalue weighted by atomic mass is 19.3. The molecule has 1 aromatic heterocycles. The fraction of sp³-hybridized carbons (Fsp3) is 0.800. The van der Waals surface area contributed by atoms with Crippen LogP contribution in [0, 0.1) is 16.7 Å². The summed E-state index contributed by atoms with van der Waals surface area (Å²) in [6, 6.07) is 0.372. The van der Waals surface area contributed by atoms with Crippen molar-refractivity contribution in [2.45, 2.75) is 59.2 Å². The molecule has 0 aromatic carbocycles. The summed E-state index contributed by atoms with van der Waals surface area (Å²) in [7, 11) is 0. The van der Waals surface area contributed by atoms with E-state index in [4.69, 9.17) is 0 Å². The van der Waals surface area contributed by atoms with Gasteiger partial charge < -0.3 is 5.32 Å². The van der Waals surface area contributed by atoms with E-state index in [1.165, 1.54) is 31.7 Å². The average Bonchev–Trinajstić information content (AvgIpc) is 2.99. The van der Waals surface area contributed by atoms with E-state index < -0.39 is 6.55 Å². The van der Waals surface area contributed by atoms with Crippen molar-refractivity contribution in [2.75, 3.05) is 0 Å². The normalized spacial score (nSPS) is 35.1. The lowest BCUT2D eigenvalue weighted by molar-refractivity contribution is 0.0642. The van der Waals surface area contributed by atoms with Gasteiger partial charge in [-0.2, -0.15) is 8.78 Å². The first kappa shape index (κ1) is 14.0. The van der Waals surface area contributed by atoms with Crippen LogP contribution in [0.25, 0.3) is 0 Å². The summed E-state index contributed by atoms with van der Waals surface area (Å²) in [6.07, 6.45) is 6.57. The smallest absolute Gasteiger partial charge is 0.306 e. The molecule has 112 valence electrons. The molecule has 2 fully saturated rings. The predicted molar refractivity (Wildman–Crippen MR) is 73.3 cm³/mol. The number of hydrogen-bond acceptors (Lipinski definition) is 2. The van der Waals surface area contributed by atoms with E-state index in [9.17, 15) is 8.78 Å². The molecule has 5 heteroatoms. The minimum absolute atomic E-state index is 0.231. The van der Waals surface area contributed by atoms with Gasteiger partial charge in [-0.05, 0) is 36.0 Å². The number of fused-ring (bicyclic) bond motifs is 2. The molecule has 0 radical (unpaired) electrons. The fourth-order valence-corrected chi connectivity index (χ4v) is 4.66. The first-order valence-corrected chi connectivity index (χ1v) is 7.38. The SMILES string of the molecule is CC12CCC(C1)C(C)(C)C2NCc1nccn1C(F)F. The van der Waals surface area contributed by atoms with Crippen LogP contribution in [0.15, 0.2) is 12.4 Å². The van der Waals surface area contributed by atoms with Gasteiger partial charge in [-0.25, -0.2) is 4.98 Å². The Morgan fingerprint density at radius 1 is 1.45 bits per heavy atom. The molecule has 0 saturated heterocycles. The van der Waals surface area contributed by atoms with E-state index in [1.807, 2.05) is 0 Å². The molecule has 3 atom stereocenters. The largest absolute Gasteiger partial charge is 0.319 e. The zero-order chi connectivity index (χ0) is 14.5. The third-order valence-corrected chi connectivity index (χ3v) is 5.69. The molecule has 1 aromatic rings. The molecular formula is C15H23F2N3. The van der Waals surface area contributed by atoms with Crippen molar-refractivity contribution >= 4 is 0 Å². The summed E-state index contributed by atoms with van der Waals surface area (Å²) in [5.74, 6) is 1.17. The summed E-state index contributed by atoms with van der Waals surface area (Å²) >= 11 is 0. The molecule has 2 saturated carbocycles. The molecule has 1 N–H and O–H groups in total. The van der Waals surface area contributed by atoms with E-state index in [0.29, 0.717) is 23.8 Å². The van der Waals surface area contributed by atoms with Gasteiger partial charge in [0, 0.05) is 18.4 Å². The van der Waals surface area contributed by atoms with Crippen LogP contribution in [-0.2, 0) is 6.54 Å². The number of nitrogens with one attached hydrogen (secondary N) is 1. The van der Waals surface area contributed by atoms with Crippen molar-refractivity contribution in [3.63, 3.8) is 0 Å². The lowest BCUT2D eigenvalue weighted by atomic mass is 9.68. The van der Waals surface area contributed by atoms with Crippen LogP contribution in [0.4, 0.5) is 8.78 Å². The summed E-state index contributed by atoms with van der Waals surface area (Å²) in [6.45, 7) is 4.84. The minimum atomic E-state index is -2.52. The van der Waals surface area contributed by atoms with E-state index in [-0.39, 0.29) is 5.41 Å². The molecule has 2 aliphatic carbocycles. The van der Waals surface area contributed by atoms with Gasteiger partial charge in [0.25, 0.3) is 0 Å². The van der Waals surface area contributed by atoms with Crippen LogP contribution >= 0.6 is 0 Å². The van der Waals surface area contributed by atoms with Crippen molar-refractivity contribution < 1.29 is 8.78 Å². The van der Waals surface area contributed by atoms with Gasteiger partial charge in [0.1, 0.15) is 5.82 Å². The van der Waals surface area contributed by atoms with Gasteiger partial charge in [0.05, 0.1) is 6.54 Å². The lowest BCUT2D eigenvalue weighted by Gasteiger charge is -2.43. The number of nitrogens with zero attached hydrogens (tertiary/aromatic N) is 2. The highest BCUT2D eigenvalue weighted by molar-refractivity contribution is 5.12. The van der Waals surface area contributed by atoms with Gasteiger partial charge >= 0.3 is 6.55 Å². The average molecular weight is 283 g/mol. The Morgan fingerprint density at radius 2 is 2.20 bits per heavy atom. The molecule has 3 nitrogen and oxygen atoms in total. The molecule has 2 bridgehead atoms. The minimum Gasteiger partial charge on any atom is -0.306 e. The molecule has 0 aliphatic heterocycles. The molecule has 3 unspecified atom stereocenters. The Kier molecular flexibility index (Phi) is 3.16. The van der Waals surface area contributed by atoms with E-state index in [0.717, 1.165) is 10.5 Å². The second kappa shape index (κ2) is 4.52. The molecule has 2 aliphatic rings. The number of alkyl halides is 2. The number of aromatic nitrogens is 2. The van der Waals surface area contributed by atoms with Gasteiger partial charge in [-0.3, -0.25) is 4.57 Å². The van der Waals surface area contributed by atoms with Gasteiger partial charge in [0.2, 0.25) is 0 Å². The first-order valence-electron chi connectivity index (χ1n) is 7.38. The van der Waals surface area contributed by atoms with Crippen LogP contribution in [0.3, 0.4) is 0 Å². The number of hydrogen-bond donors (Lipinski definition) is 1. The molecule has 3 rings (SSSR count). The van der Waals surface area contributed by atoms with Crippen LogP contribution < -0.4 is 5.32 Å². The topological polar surface area (TPSA) is 29.9 Å². The van der Waals surface area contributed by atoms with Crippen LogP contribution in [0.5, 0.6) is 0 Å². The van der Waals surface area contributed by atoms with Crippen LogP contribution in [-0.4, -0.2) is 15.6 Å². The van der Waals surface area contributed by atoms with Crippen molar-refractivity contribution in [3.8, 4) is 0 Å². The van der Waals surface area contributed by atoms with Crippen LogP contribution in [0.1, 0.15) is 52.4 Å². The van der Waals surface area contributed by atoms with E-state index >= 15 is 0 Å². The number of halogens is 2. The quantitative estimate of drug-likeness (QED) is 0.915. The monoisotopic (exact) mass is 283 g/mol. The maximum atomic E-state index is 12.8. The molecule has 0 amide bonds. The Morgan fingerprint density at radius 3 is 2.80 bits per heavy atom. The third kappa shape index (κ3) is 1.98. The van der Waals surface area contributed by atoms with E-state index in [1.54, 1.807) is 0 Å². The second-order valence-corrected chi connectivity index (χ2v) is 7.26.